The Balaban J connectivity index is 2.64. The van der Waals surface area contributed by atoms with E-state index < -0.39 is 0 Å². The van der Waals surface area contributed by atoms with Crippen LogP contribution in [0, 0.1) is 0 Å². The minimum atomic E-state index is -0.157. The normalized spacial score (nSPS) is 12.5. The molecule has 0 saturated carbocycles. The maximum Gasteiger partial charge on any atom is 0.267 e. The fraction of sp³-hybridized carbons (Fsp3) is 0.600. The third-order valence-electron chi connectivity index (χ3n) is 2.17. The fourth-order valence-electron chi connectivity index (χ4n) is 1.30. The van der Waals surface area contributed by atoms with Gasteiger partial charge in [-0.15, -0.1) is 0 Å². The lowest BCUT2D eigenvalue weighted by Crippen LogP contribution is -2.19. The molecule has 5 heteroatoms. The number of unbranched alkanes of at least 4 members (excludes halogenated alkanes) is 1. The van der Waals surface area contributed by atoms with Crippen LogP contribution in [0.2, 0.25) is 0 Å². The van der Waals surface area contributed by atoms with Gasteiger partial charge in [0.2, 0.25) is 0 Å². The van der Waals surface area contributed by atoms with E-state index in [-0.39, 0.29) is 5.56 Å². The topological polar surface area (TPSA) is 57.8 Å². The van der Waals surface area contributed by atoms with Crippen LogP contribution in [-0.2, 0) is 0 Å². The average molecular weight is 274 g/mol. The lowest BCUT2D eigenvalue weighted by atomic mass is 10.1. The predicted octanol–water partition coefficient (Wildman–Crippen LogP) is 2.52. The fourth-order valence-corrected chi connectivity index (χ4v) is 1.63. The third-order valence-corrected chi connectivity index (χ3v) is 2.91. The van der Waals surface area contributed by atoms with E-state index in [2.05, 4.69) is 45.1 Å². The summed E-state index contributed by atoms with van der Waals surface area (Å²) in [4.78, 5) is 17.8. The molecule has 0 saturated heterocycles. The van der Waals surface area contributed by atoms with Crippen molar-refractivity contribution in [3.63, 3.8) is 0 Å². The molecular weight excluding hydrogens is 258 g/mol. The van der Waals surface area contributed by atoms with Gasteiger partial charge in [-0.1, -0.05) is 19.8 Å². The summed E-state index contributed by atoms with van der Waals surface area (Å²) in [6.45, 7) is 4.25. The summed E-state index contributed by atoms with van der Waals surface area (Å²) >= 11 is 3.21. The van der Waals surface area contributed by atoms with Crippen LogP contribution in [0.3, 0.4) is 0 Å². The Morgan fingerprint density at radius 2 is 2.40 bits per heavy atom. The first-order chi connectivity index (χ1) is 7.15. The van der Waals surface area contributed by atoms with Crippen LogP contribution in [-0.4, -0.2) is 16.0 Å². The van der Waals surface area contributed by atoms with E-state index in [0.717, 1.165) is 6.42 Å². The molecule has 0 fully saturated rings. The highest BCUT2D eigenvalue weighted by Gasteiger charge is 2.07. The first-order valence-corrected chi connectivity index (χ1v) is 5.94. The molecular formula is C10H16BrN3O. The number of aromatic nitrogens is 2. The number of aromatic amines is 1. The third kappa shape index (κ3) is 3.66. The van der Waals surface area contributed by atoms with Crippen molar-refractivity contribution in [3.05, 3.63) is 21.2 Å². The molecule has 0 radical (unpaired) electrons. The van der Waals surface area contributed by atoms with Crippen molar-refractivity contribution in [2.45, 2.75) is 39.2 Å². The van der Waals surface area contributed by atoms with Gasteiger partial charge < -0.3 is 10.3 Å². The van der Waals surface area contributed by atoms with E-state index >= 15 is 0 Å². The van der Waals surface area contributed by atoms with Crippen molar-refractivity contribution in [3.8, 4) is 0 Å². The van der Waals surface area contributed by atoms with Gasteiger partial charge in [0.1, 0.15) is 10.3 Å². The van der Waals surface area contributed by atoms with Crippen LogP contribution in [0.25, 0.3) is 0 Å². The Morgan fingerprint density at radius 1 is 1.67 bits per heavy atom. The number of H-pyrrole nitrogens is 1. The smallest absolute Gasteiger partial charge is 0.267 e. The number of hydrogen-bond acceptors (Lipinski definition) is 3. The number of halogens is 1. The number of nitrogens with zero attached hydrogens (tertiary/aromatic N) is 1. The van der Waals surface area contributed by atoms with Gasteiger partial charge in [-0.05, 0) is 29.3 Å². The molecule has 1 heterocycles. The lowest BCUT2D eigenvalue weighted by Gasteiger charge is -2.14. The number of nitrogens with one attached hydrogen (secondary N) is 2. The molecule has 0 aliphatic carbocycles. The Labute approximate surface area is 97.6 Å². The number of rotatable bonds is 5. The van der Waals surface area contributed by atoms with Gasteiger partial charge in [-0.25, -0.2) is 4.98 Å². The summed E-state index contributed by atoms with van der Waals surface area (Å²) < 4.78 is 0.466. The van der Waals surface area contributed by atoms with Gasteiger partial charge in [0.25, 0.3) is 5.56 Å². The molecule has 0 aliphatic rings. The summed E-state index contributed by atoms with van der Waals surface area (Å²) in [5.74, 6) is 0.613. The largest absolute Gasteiger partial charge is 0.366 e. The van der Waals surface area contributed by atoms with Crippen LogP contribution in [0.5, 0.6) is 0 Å². The molecule has 15 heavy (non-hydrogen) atoms. The monoisotopic (exact) mass is 273 g/mol. The highest BCUT2D eigenvalue weighted by atomic mass is 79.9. The molecule has 0 amide bonds. The molecule has 1 atom stereocenters. The summed E-state index contributed by atoms with van der Waals surface area (Å²) in [5, 5.41) is 3.21. The van der Waals surface area contributed by atoms with Crippen LogP contribution in [0.4, 0.5) is 5.82 Å². The zero-order valence-electron chi connectivity index (χ0n) is 9.01. The molecule has 1 rings (SSSR count). The van der Waals surface area contributed by atoms with Gasteiger partial charge in [0.15, 0.2) is 0 Å². The van der Waals surface area contributed by atoms with Crippen molar-refractivity contribution < 1.29 is 0 Å². The quantitative estimate of drug-likeness (QED) is 0.867. The Kier molecular flexibility index (Phi) is 4.81. The van der Waals surface area contributed by atoms with E-state index in [0.29, 0.717) is 16.3 Å². The molecule has 0 aliphatic heterocycles. The van der Waals surface area contributed by atoms with Gasteiger partial charge in [0, 0.05) is 6.04 Å². The van der Waals surface area contributed by atoms with E-state index in [1.807, 2.05) is 0 Å². The number of anilines is 1. The maximum absolute atomic E-state index is 11.3. The molecule has 1 aromatic rings. The van der Waals surface area contributed by atoms with Crippen molar-refractivity contribution in [2.75, 3.05) is 5.32 Å². The maximum atomic E-state index is 11.3. The standard InChI is InChI=1S/C10H16BrN3O/c1-3-4-5-7(2)14-9-8(11)10(15)13-6-12-9/h6-7H,3-5H2,1-2H3,(H2,12,13,14,15). The average Bonchev–Trinajstić information content (AvgIpc) is 2.22. The second-order valence-corrected chi connectivity index (χ2v) is 4.37. The minimum absolute atomic E-state index is 0.157. The molecule has 1 unspecified atom stereocenters. The van der Waals surface area contributed by atoms with Crippen molar-refractivity contribution in [1.82, 2.24) is 9.97 Å². The summed E-state index contributed by atoms with van der Waals surface area (Å²) in [7, 11) is 0. The van der Waals surface area contributed by atoms with Crippen LogP contribution < -0.4 is 10.9 Å². The van der Waals surface area contributed by atoms with Gasteiger partial charge in [-0.2, -0.15) is 0 Å². The van der Waals surface area contributed by atoms with Gasteiger partial charge in [0.05, 0.1) is 6.33 Å². The van der Waals surface area contributed by atoms with Crippen molar-refractivity contribution in [1.29, 1.82) is 0 Å². The molecule has 4 nitrogen and oxygen atoms in total. The van der Waals surface area contributed by atoms with Gasteiger partial charge in [-0.3, -0.25) is 4.79 Å². The van der Waals surface area contributed by atoms with E-state index in [9.17, 15) is 4.79 Å². The van der Waals surface area contributed by atoms with Crippen LogP contribution >= 0.6 is 15.9 Å². The number of hydrogen-bond donors (Lipinski definition) is 2. The molecule has 2 N–H and O–H groups in total. The predicted molar refractivity (Wildman–Crippen MR) is 65.2 cm³/mol. The zero-order valence-corrected chi connectivity index (χ0v) is 10.6. The van der Waals surface area contributed by atoms with Crippen molar-refractivity contribution in [2.24, 2.45) is 0 Å². The Morgan fingerprint density at radius 3 is 3.07 bits per heavy atom. The highest BCUT2D eigenvalue weighted by Crippen LogP contribution is 2.15. The molecule has 84 valence electrons. The van der Waals surface area contributed by atoms with Crippen LogP contribution in [0.15, 0.2) is 15.6 Å². The first kappa shape index (κ1) is 12.2. The lowest BCUT2D eigenvalue weighted by molar-refractivity contribution is 0.642. The Bertz CT molecular complexity index is 364. The van der Waals surface area contributed by atoms with E-state index in [1.165, 1.54) is 19.2 Å². The second-order valence-electron chi connectivity index (χ2n) is 3.58. The van der Waals surface area contributed by atoms with E-state index in [1.54, 1.807) is 0 Å². The minimum Gasteiger partial charge on any atom is -0.366 e. The highest BCUT2D eigenvalue weighted by molar-refractivity contribution is 9.10. The molecule has 0 bridgehead atoms. The SMILES string of the molecule is CCCCC(C)Nc1nc[nH]c(=O)c1Br. The summed E-state index contributed by atoms with van der Waals surface area (Å²) in [5.41, 5.74) is -0.157. The van der Waals surface area contributed by atoms with E-state index in [4.69, 9.17) is 0 Å². The second kappa shape index (κ2) is 5.90. The molecule has 1 aromatic heterocycles. The summed E-state index contributed by atoms with van der Waals surface area (Å²) in [6.07, 6.45) is 4.84. The summed E-state index contributed by atoms with van der Waals surface area (Å²) in [6, 6.07) is 0.329. The zero-order chi connectivity index (χ0) is 11.3. The van der Waals surface area contributed by atoms with Crippen LogP contribution in [0.1, 0.15) is 33.1 Å². The first-order valence-electron chi connectivity index (χ1n) is 5.14. The molecule has 0 spiro atoms. The molecule has 0 aromatic carbocycles. The Hall–Kier alpha value is -0.840. The van der Waals surface area contributed by atoms with Crippen molar-refractivity contribution >= 4 is 21.7 Å². The van der Waals surface area contributed by atoms with Gasteiger partial charge >= 0.3 is 0 Å².